The molecule has 2 saturated heterocycles. The number of nitrogens with zero attached hydrogens (tertiary/aromatic N) is 3. The van der Waals surface area contributed by atoms with Crippen molar-refractivity contribution >= 4 is 11.8 Å². The molecule has 0 spiro atoms. The molecular formula is C16H25N5O3. The van der Waals surface area contributed by atoms with Gasteiger partial charge in [-0.3, -0.25) is 14.5 Å². The fourth-order valence-electron chi connectivity index (χ4n) is 2.88. The molecule has 0 bridgehead atoms. The van der Waals surface area contributed by atoms with Crippen LogP contribution >= 0.6 is 0 Å². The van der Waals surface area contributed by atoms with E-state index in [-0.39, 0.29) is 23.3 Å². The number of morpholine rings is 1. The molecule has 0 aromatic rings. The molecule has 3 N–H and O–H groups in total. The van der Waals surface area contributed by atoms with Gasteiger partial charge in [0.1, 0.15) is 11.6 Å². The number of primary amides is 1. The van der Waals surface area contributed by atoms with Gasteiger partial charge in [-0.05, 0) is 12.8 Å². The molecule has 2 aliphatic heterocycles. The molecule has 0 aliphatic carbocycles. The third-order valence-electron chi connectivity index (χ3n) is 4.43. The van der Waals surface area contributed by atoms with Crippen LogP contribution in [0.3, 0.4) is 0 Å². The fraction of sp³-hybridized carbons (Fsp3) is 0.688. The summed E-state index contributed by atoms with van der Waals surface area (Å²) in [5.74, 6) is -0.745. The summed E-state index contributed by atoms with van der Waals surface area (Å²) in [5, 5.41) is 12.0. The zero-order valence-electron chi connectivity index (χ0n) is 13.9. The molecule has 0 saturated carbocycles. The third-order valence-corrected chi connectivity index (χ3v) is 4.43. The van der Waals surface area contributed by atoms with Crippen LogP contribution < -0.4 is 11.1 Å². The smallest absolute Gasteiger partial charge is 0.263 e. The Kier molecular flexibility index (Phi) is 7.03. The van der Waals surface area contributed by atoms with Gasteiger partial charge in [-0.15, -0.1) is 0 Å². The van der Waals surface area contributed by atoms with Crippen molar-refractivity contribution in [3.8, 4) is 6.07 Å². The summed E-state index contributed by atoms with van der Waals surface area (Å²) in [6.45, 7) is 5.67. The first kappa shape index (κ1) is 18.2. The van der Waals surface area contributed by atoms with Crippen LogP contribution in [0, 0.1) is 17.2 Å². The maximum Gasteiger partial charge on any atom is 0.263 e. The number of carbonyl (C=O) groups excluding carboxylic acids is 2. The maximum atomic E-state index is 12.1. The monoisotopic (exact) mass is 335 g/mol. The number of likely N-dealkylation sites (tertiary alicyclic amines) is 1. The van der Waals surface area contributed by atoms with E-state index in [1.165, 1.54) is 0 Å². The summed E-state index contributed by atoms with van der Waals surface area (Å²) >= 11 is 0. The normalized spacial score (nSPS) is 20.5. The third kappa shape index (κ3) is 5.51. The Morgan fingerprint density at radius 2 is 1.92 bits per heavy atom. The number of nitrogens with two attached hydrogens (primary N) is 1. The van der Waals surface area contributed by atoms with Gasteiger partial charge in [0.2, 0.25) is 5.91 Å². The highest BCUT2D eigenvalue weighted by Crippen LogP contribution is 2.17. The zero-order valence-corrected chi connectivity index (χ0v) is 13.9. The van der Waals surface area contributed by atoms with Gasteiger partial charge in [-0.1, -0.05) is 0 Å². The molecule has 8 nitrogen and oxygen atoms in total. The van der Waals surface area contributed by atoms with Crippen molar-refractivity contribution in [2.75, 3.05) is 52.5 Å². The van der Waals surface area contributed by atoms with Crippen LogP contribution in [0.5, 0.6) is 0 Å². The number of carbonyl (C=O) groups is 2. The van der Waals surface area contributed by atoms with Gasteiger partial charge < -0.3 is 20.7 Å². The predicted octanol–water partition coefficient (Wildman–Crippen LogP) is -0.960. The van der Waals surface area contributed by atoms with E-state index in [1.54, 1.807) is 6.20 Å². The van der Waals surface area contributed by atoms with Crippen molar-refractivity contribution in [3.05, 3.63) is 11.8 Å². The van der Waals surface area contributed by atoms with E-state index in [9.17, 15) is 14.9 Å². The van der Waals surface area contributed by atoms with Gasteiger partial charge in [0.15, 0.2) is 0 Å². The second-order valence-corrected chi connectivity index (χ2v) is 6.08. The SMILES string of the molecule is N#C/C(=C/N1CCC(C(N)=O)CC1)C(=O)NCCN1CCOCC1. The molecule has 0 aromatic carbocycles. The average molecular weight is 335 g/mol. The topological polar surface area (TPSA) is 112 Å². The minimum Gasteiger partial charge on any atom is -0.379 e. The lowest BCUT2D eigenvalue weighted by Crippen LogP contribution is -2.41. The Bertz CT molecular complexity index is 514. The van der Waals surface area contributed by atoms with Crippen molar-refractivity contribution in [1.29, 1.82) is 5.26 Å². The van der Waals surface area contributed by atoms with E-state index in [0.29, 0.717) is 32.5 Å². The van der Waals surface area contributed by atoms with Crippen LogP contribution in [0.25, 0.3) is 0 Å². The van der Waals surface area contributed by atoms with Crippen molar-refractivity contribution in [1.82, 2.24) is 15.1 Å². The first-order valence-corrected chi connectivity index (χ1v) is 8.33. The van der Waals surface area contributed by atoms with Crippen LogP contribution in [0.2, 0.25) is 0 Å². The lowest BCUT2D eigenvalue weighted by molar-refractivity contribution is -0.123. The summed E-state index contributed by atoms with van der Waals surface area (Å²) < 4.78 is 5.27. The standard InChI is InChI=1S/C16H25N5O3/c17-11-14(12-21-4-1-13(2-5-21)15(18)22)16(23)19-3-6-20-7-9-24-10-8-20/h12-13H,1-10H2,(H2,18,22)(H,19,23)/b14-12-. The Morgan fingerprint density at radius 3 is 2.50 bits per heavy atom. The molecule has 2 heterocycles. The van der Waals surface area contributed by atoms with E-state index in [2.05, 4.69) is 10.2 Å². The summed E-state index contributed by atoms with van der Waals surface area (Å²) in [5.41, 5.74) is 5.40. The number of rotatable bonds is 6. The minimum absolute atomic E-state index is 0.0921. The molecule has 0 aromatic heterocycles. The van der Waals surface area contributed by atoms with Crippen LogP contribution in [0.15, 0.2) is 11.8 Å². The first-order chi connectivity index (χ1) is 11.6. The van der Waals surface area contributed by atoms with Crippen molar-refractivity contribution in [2.45, 2.75) is 12.8 Å². The van der Waals surface area contributed by atoms with Gasteiger partial charge in [-0.25, -0.2) is 0 Å². The molecule has 0 atom stereocenters. The quantitative estimate of drug-likeness (QED) is 0.478. The molecule has 8 heteroatoms. The fourth-order valence-corrected chi connectivity index (χ4v) is 2.88. The molecule has 2 amide bonds. The lowest BCUT2D eigenvalue weighted by atomic mass is 9.96. The molecule has 2 aliphatic rings. The second kappa shape index (κ2) is 9.25. The number of nitrogens with one attached hydrogen (secondary N) is 1. The van der Waals surface area contributed by atoms with Gasteiger partial charge in [0, 0.05) is 51.4 Å². The van der Waals surface area contributed by atoms with E-state index < -0.39 is 0 Å². The summed E-state index contributed by atoms with van der Waals surface area (Å²) in [7, 11) is 0. The molecule has 2 fully saturated rings. The Labute approximate surface area is 142 Å². The first-order valence-electron chi connectivity index (χ1n) is 8.33. The highest BCUT2D eigenvalue weighted by molar-refractivity contribution is 5.97. The van der Waals surface area contributed by atoms with Crippen molar-refractivity contribution in [2.24, 2.45) is 11.7 Å². The summed E-state index contributed by atoms with van der Waals surface area (Å²) in [6, 6.07) is 1.95. The van der Waals surface area contributed by atoms with Gasteiger partial charge >= 0.3 is 0 Å². The van der Waals surface area contributed by atoms with Crippen molar-refractivity contribution in [3.63, 3.8) is 0 Å². The van der Waals surface area contributed by atoms with Crippen LogP contribution in [0.1, 0.15) is 12.8 Å². The number of nitriles is 1. The van der Waals surface area contributed by atoms with Crippen molar-refractivity contribution < 1.29 is 14.3 Å². The molecule has 2 rings (SSSR count). The number of piperidine rings is 1. The van der Waals surface area contributed by atoms with E-state index in [0.717, 1.165) is 32.8 Å². The van der Waals surface area contributed by atoms with Gasteiger partial charge in [-0.2, -0.15) is 5.26 Å². The van der Waals surface area contributed by atoms with E-state index >= 15 is 0 Å². The Balaban J connectivity index is 1.76. The van der Waals surface area contributed by atoms with Crippen LogP contribution in [0.4, 0.5) is 0 Å². The Morgan fingerprint density at radius 1 is 1.25 bits per heavy atom. The van der Waals surface area contributed by atoms with E-state index in [4.69, 9.17) is 10.5 Å². The van der Waals surface area contributed by atoms with Gasteiger partial charge in [0.05, 0.1) is 13.2 Å². The van der Waals surface area contributed by atoms with E-state index in [1.807, 2.05) is 11.0 Å². The van der Waals surface area contributed by atoms with Crippen LogP contribution in [-0.2, 0) is 14.3 Å². The number of ether oxygens (including phenoxy) is 1. The molecule has 24 heavy (non-hydrogen) atoms. The largest absolute Gasteiger partial charge is 0.379 e. The van der Waals surface area contributed by atoms with Gasteiger partial charge in [0.25, 0.3) is 5.91 Å². The maximum absolute atomic E-state index is 12.1. The molecule has 132 valence electrons. The minimum atomic E-state index is -0.359. The zero-order chi connectivity index (χ0) is 17.4. The number of hydrogen-bond acceptors (Lipinski definition) is 6. The highest BCUT2D eigenvalue weighted by atomic mass is 16.5. The Hall–Kier alpha value is -2.11. The molecular weight excluding hydrogens is 310 g/mol. The number of amides is 2. The van der Waals surface area contributed by atoms with Crippen LogP contribution in [-0.4, -0.2) is 74.1 Å². The molecule has 0 radical (unpaired) electrons. The average Bonchev–Trinajstić information content (AvgIpc) is 2.60. The lowest BCUT2D eigenvalue weighted by Gasteiger charge is -2.29. The summed E-state index contributed by atoms with van der Waals surface area (Å²) in [6.07, 6.45) is 2.90. The molecule has 0 unspecified atom stereocenters. The second-order valence-electron chi connectivity index (χ2n) is 6.08. The number of hydrogen-bond donors (Lipinski definition) is 2. The summed E-state index contributed by atoms with van der Waals surface area (Å²) in [4.78, 5) is 27.4. The highest BCUT2D eigenvalue weighted by Gasteiger charge is 2.22. The predicted molar refractivity (Wildman–Crippen MR) is 87.5 cm³/mol.